The minimum atomic E-state index is 0.793. The zero-order valence-corrected chi connectivity index (χ0v) is 13.2. The standard InChI is InChI=1S/C16H19BrN2/c1-11-6-12(2)8-13(7-11)10-19(3)16-5-4-14(17)9-15(16)18/h4-9H,10,18H2,1-3H3. The number of rotatable bonds is 3. The molecule has 2 rings (SSSR count). The number of nitrogens with zero attached hydrogens (tertiary/aromatic N) is 1. The number of hydrogen-bond acceptors (Lipinski definition) is 2. The van der Waals surface area contributed by atoms with Crippen LogP contribution in [-0.2, 0) is 6.54 Å². The monoisotopic (exact) mass is 318 g/mol. The third-order valence-electron chi connectivity index (χ3n) is 3.10. The summed E-state index contributed by atoms with van der Waals surface area (Å²) < 4.78 is 1.01. The van der Waals surface area contributed by atoms with Crippen LogP contribution < -0.4 is 10.6 Å². The van der Waals surface area contributed by atoms with E-state index in [0.29, 0.717) is 0 Å². The Kier molecular flexibility index (Phi) is 4.15. The van der Waals surface area contributed by atoms with Gasteiger partial charge in [0.2, 0.25) is 0 Å². The Hall–Kier alpha value is -1.48. The van der Waals surface area contributed by atoms with Crippen molar-refractivity contribution in [3.05, 3.63) is 57.6 Å². The average molecular weight is 319 g/mol. The van der Waals surface area contributed by atoms with Crippen molar-refractivity contribution in [1.82, 2.24) is 0 Å². The molecule has 0 aliphatic rings. The van der Waals surface area contributed by atoms with Gasteiger partial charge in [-0.15, -0.1) is 0 Å². The molecule has 2 N–H and O–H groups in total. The zero-order chi connectivity index (χ0) is 14.0. The van der Waals surface area contributed by atoms with Crippen molar-refractivity contribution in [3.8, 4) is 0 Å². The Labute approximate surface area is 123 Å². The molecule has 0 amide bonds. The van der Waals surface area contributed by atoms with Gasteiger partial charge >= 0.3 is 0 Å². The molecule has 19 heavy (non-hydrogen) atoms. The Morgan fingerprint density at radius 3 is 2.26 bits per heavy atom. The van der Waals surface area contributed by atoms with Crippen LogP contribution in [0.25, 0.3) is 0 Å². The van der Waals surface area contributed by atoms with Crippen molar-refractivity contribution < 1.29 is 0 Å². The number of aryl methyl sites for hydroxylation is 2. The van der Waals surface area contributed by atoms with E-state index in [1.807, 2.05) is 18.2 Å². The summed E-state index contributed by atoms with van der Waals surface area (Å²) >= 11 is 3.43. The summed E-state index contributed by atoms with van der Waals surface area (Å²) in [5.41, 5.74) is 11.8. The van der Waals surface area contributed by atoms with Gasteiger partial charge in [-0.05, 0) is 37.6 Å². The van der Waals surface area contributed by atoms with Crippen molar-refractivity contribution in [2.45, 2.75) is 20.4 Å². The molecule has 0 unspecified atom stereocenters. The van der Waals surface area contributed by atoms with Crippen molar-refractivity contribution in [3.63, 3.8) is 0 Å². The lowest BCUT2D eigenvalue weighted by atomic mass is 10.1. The lowest BCUT2D eigenvalue weighted by Crippen LogP contribution is -2.17. The lowest BCUT2D eigenvalue weighted by molar-refractivity contribution is 0.921. The minimum Gasteiger partial charge on any atom is -0.397 e. The number of nitrogen functional groups attached to an aromatic ring is 1. The highest BCUT2D eigenvalue weighted by molar-refractivity contribution is 9.10. The van der Waals surface area contributed by atoms with Gasteiger partial charge in [-0.1, -0.05) is 45.3 Å². The molecular weight excluding hydrogens is 300 g/mol. The summed E-state index contributed by atoms with van der Waals surface area (Å²) in [6.07, 6.45) is 0. The van der Waals surface area contributed by atoms with Crippen LogP contribution in [0.4, 0.5) is 11.4 Å². The first-order valence-electron chi connectivity index (χ1n) is 6.29. The van der Waals surface area contributed by atoms with Gasteiger partial charge in [-0.3, -0.25) is 0 Å². The van der Waals surface area contributed by atoms with E-state index in [4.69, 9.17) is 5.73 Å². The topological polar surface area (TPSA) is 29.3 Å². The van der Waals surface area contributed by atoms with Crippen LogP contribution in [-0.4, -0.2) is 7.05 Å². The number of hydrogen-bond donors (Lipinski definition) is 1. The minimum absolute atomic E-state index is 0.793. The number of benzene rings is 2. The number of anilines is 2. The Balaban J connectivity index is 2.22. The molecule has 0 fully saturated rings. The summed E-state index contributed by atoms with van der Waals surface area (Å²) in [5, 5.41) is 0. The van der Waals surface area contributed by atoms with Gasteiger partial charge in [-0.2, -0.15) is 0 Å². The van der Waals surface area contributed by atoms with E-state index in [9.17, 15) is 0 Å². The summed E-state index contributed by atoms with van der Waals surface area (Å²) in [6, 6.07) is 12.6. The van der Waals surface area contributed by atoms with Crippen LogP contribution in [0.3, 0.4) is 0 Å². The largest absolute Gasteiger partial charge is 0.397 e. The van der Waals surface area contributed by atoms with E-state index in [2.05, 4.69) is 59.9 Å². The first-order chi connectivity index (χ1) is 8.95. The third-order valence-corrected chi connectivity index (χ3v) is 3.60. The molecule has 0 bridgehead atoms. The molecule has 2 nitrogen and oxygen atoms in total. The van der Waals surface area contributed by atoms with Crippen LogP contribution in [0.1, 0.15) is 16.7 Å². The van der Waals surface area contributed by atoms with Gasteiger partial charge < -0.3 is 10.6 Å². The van der Waals surface area contributed by atoms with Crippen LogP contribution in [0, 0.1) is 13.8 Å². The molecule has 0 saturated heterocycles. The molecule has 0 heterocycles. The van der Waals surface area contributed by atoms with E-state index >= 15 is 0 Å². The molecule has 0 aromatic heterocycles. The van der Waals surface area contributed by atoms with E-state index in [-0.39, 0.29) is 0 Å². The predicted octanol–water partition coefficient (Wildman–Crippen LogP) is 4.28. The summed E-state index contributed by atoms with van der Waals surface area (Å²) in [6.45, 7) is 5.11. The highest BCUT2D eigenvalue weighted by Gasteiger charge is 2.07. The zero-order valence-electron chi connectivity index (χ0n) is 11.6. The fourth-order valence-corrected chi connectivity index (χ4v) is 2.77. The molecule has 0 aliphatic heterocycles. The maximum Gasteiger partial charge on any atom is 0.0601 e. The summed E-state index contributed by atoms with van der Waals surface area (Å²) in [4.78, 5) is 2.18. The fourth-order valence-electron chi connectivity index (χ4n) is 2.39. The highest BCUT2D eigenvalue weighted by atomic mass is 79.9. The van der Waals surface area contributed by atoms with Gasteiger partial charge in [0.15, 0.2) is 0 Å². The Morgan fingerprint density at radius 2 is 1.68 bits per heavy atom. The van der Waals surface area contributed by atoms with Gasteiger partial charge in [0.05, 0.1) is 11.4 Å². The van der Waals surface area contributed by atoms with Crippen LogP contribution >= 0.6 is 15.9 Å². The molecule has 3 heteroatoms. The van der Waals surface area contributed by atoms with Gasteiger partial charge in [-0.25, -0.2) is 0 Å². The lowest BCUT2D eigenvalue weighted by Gasteiger charge is -2.22. The van der Waals surface area contributed by atoms with E-state index in [1.54, 1.807) is 0 Å². The molecule has 2 aromatic rings. The molecule has 0 spiro atoms. The van der Waals surface area contributed by atoms with Crippen molar-refractivity contribution in [2.24, 2.45) is 0 Å². The normalized spacial score (nSPS) is 10.5. The second-order valence-corrected chi connectivity index (χ2v) is 5.97. The fraction of sp³-hybridized carbons (Fsp3) is 0.250. The maximum absolute atomic E-state index is 6.06. The molecular formula is C16H19BrN2. The van der Waals surface area contributed by atoms with E-state index < -0.39 is 0 Å². The molecule has 0 radical (unpaired) electrons. The smallest absolute Gasteiger partial charge is 0.0601 e. The average Bonchev–Trinajstić information content (AvgIpc) is 2.26. The molecule has 100 valence electrons. The Bertz CT molecular complexity index is 573. The van der Waals surface area contributed by atoms with Crippen LogP contribution in [0.2, 0.25) is 0 Å². The third kappa shape index (κ3) is 3.51. The molecule has 0 saturated carbocycles. The molecule has 0 aliphatic carbocycles. The quantitative estimate of drug-likeness (QED) is 0.856. The predicted molar refractivity (Wildman–Crippen MR) is 86.6 cm³/mol. The Morgan fingerprint density at radius 1 is 1.05 bits per heavy atom. The van der Waals surface area contributed by atoms with Crippen molar-refractivity contribution in [2.75, 3.05) is 17.7 Å². The van der Waals surface area contributed by atoms with E-state index in [1.165, 1.54) is 16.7 Å². The summed E-state index contributed by atoms with van der Waals surface area (Å²) in [7, 11) is 2.07. The first kappa shape index (κ1) is 13.9. The van der Waals surface area contributed by atoms with E-state index in [0.717, 1.165) is 22.4 Å². The van der Waals surface area contributed by atoms with Gasteiger partial charge in [0, 0.05) is 18.1 Å². The SMILES string of the molecule is Cc1cc(C)cc(CN(C)c2ccc(Br)cc2N)c1. The summed E-state index contributed by atoms with van der Waals surface area (Å²) in [5.74, 6) is 0. The van der Waals surface area contributed by atoms with Crippen LogP contribution in [0.5, 0.6) is 0 Å². The highest BCUT2D eigenvalue weighted by Crippen LogP contribution is 2.27. The molecule has 2 aromatic carbocycles. The first-order valence-corrected chi connectivity index (χ1v) is 7.08. The number of halogens is 1. The van der Waals surface area contributed by atoms with Gasteiger partial charge in [0.25, 0.3) is 0 Å². The van der Waals surface area contributed by atoms with Crippen LogP contribution in [0.15, 0.2) is 40.9 Å². The van der Waals surface area contributed by atoms with Crippen molar-refractivity contribution in [1.29, 1.82) is 0 Å². The maximum atomic E-state index is 6.06. The number of nitrogens with two attached hydrogens (primary N) is 1. The van der Waals surface area contributed by atoms with Gasteiger partial charge in [0.1, 0.15) is 0 Å². The second-order valence-electron chi connectivity index (χ2n) is 5.06. The van der Waals surface area contributed by atoms with Crippen molar-refractivity contribution >= 4 is 27.3 Å². The second kappa shape index (κ2) is 5.66. The molecule has 0 atom stereocenters.